The molecule has 0 heterocycles. The SMILES string of the molecule is Cc1cc(N)cc(C(=O)Nc2ccccc2Cl)c1. The monoisotopic (exact) mass is 260 g/mol. The van der Waals surface area contributed by atoms with E-state index in [0.717, 1.165) is 5.56 Å². The molecule has 18 heavy (non-hydrogen) atoms. The molecule has 0 saturated carbocycles. The molecule has 0 aliphatic heterocycles. The number of aryl methyl sites for hydroxylation is 1. The third-order valence-electron chi connectivity index (χ3n) is 2.48. The summed E-state index contributed by atoms with van der Waals surface area (Å²) in [7, 11) is 0. The van der Waals surface area contributed by atoms with Crippen molar-refractivity contribution in [2.45, 2.75) is 6.92 Å². The molecule has 0 unspecified atom stereocenters. The van der Waals surface area contributed by atoms with Gasteiger partial charge in [-0.05, 0) is 42.8 Å². The number of anilines is 2. The van der Waals surface area contributed by atoms with Crippen LogP contribution in [0.1, 0.15) is 15.9 Å². The molecule has 0 bridgehead atoms. The van der Waals surface area contributed by atoms with E-state index in [0.29, 0.717) is 22.0 Å². The van der Waals surface area contributed by atoms with Gasteiger partial charge in [0.05, 0.1) is 10.7 Å². The van der Waals surface area contributed by atoms with E-state index in [2.05, 4.69) is 5.32 Å². The molecule has 2 aromatic carbocycles. The van der Waals surface area contributed by atoms with Gasteiger partial charge < -0.3 is 11.1 Å². The lowest BCUT2D eigenvalue weighted by Crippen LogP contribution is -2.12. The zero-order valence-corrected chi connectivity index (χ0v) is 10.7. The van der Waals surface area contributed by atoms with Gasteiger partial charge in [0.1, 0.15) is 0 Å². The van der Waals surface area contributed by atoms with Crippen LogP contribution in [0.2, 0.25) is 5.02 Å². The second kappa shape index (κ2) is 5.10. The molecule has 0 fully saturated rings. The van der Waals surface area contributed by atoms with Crippen molar-refractivity contribution in [2.24, 2.45) is 0 Å². The van der Waals surface area contributed by atoms with Crippen molar-refractivity contribution in [3.05, 3.63) is 58.6 Å². The molecule has 4 heteroatoms. The fraction of sp³-hybridized carbons (Fsp3) is 0.0714. The molecule has 0 atom stereocenters. The van der Waals surface area contributed by atoms with Crippen LogP contribution in [0.3, 0.4) is 0 Å². The maximum atomic E-state index is 12.0. The molecular weight excluding hydrogens is 248 g/mol. The summed E-state index contributed by atoms with van der Waals surface area (Å²) in [5.74, 6) is -0.224. The number of hydrogen-bond donors (Lipinski definition) is 2. The van der Waals surface area contributed by atoms with E-state index in [1.165, 1.54) is 0 Å². The number of nitrogens with two attached hydrogens (primary N) is 1. The Bertz CT molecular complexity index is 576. The number of para-hydroxylation sites is 1. The van der Waals surface area contributed by atoms with Crippen molar-refractivity contribution in [1.29, 1.82) is 0 Å². The molecule has 2 aromatic rings. The highest BCUT2D eigenvalue weighted by atomic mass is 35.5. The van der Waals surface area contributed by atoms with Crippen LogP contribution < -0.4 is 11.1 Å². The molecule has 0 saturated heterocycles. The number of amides is 1. The van der Waals surface area contributed by atoms with Crippen molar-refractivity contribution >= 4 is 28.9 Å². The predicted octanol–water partition coefficient (Wildman–Crippen LogP) is 3.48. The third-order valence-corrected chi connectivity index (χ3v) is 2.81. The zero-order chi connectivity index (χ0) is 13.1. The lowest BCUT2D eigenvalue weighted by atomic mass is 10.1. The summed E-state index contributed by atoms with van der Waals surface area (Å²) in [4.78, 5) is 12.0. The first kappa shape index (κ1) is 12.5. The number of hydrogen-bond acceptors (Lipinski definition) is 2. The van der Waals surface area contributed by atoms with E-state index in [-0.39, 0.29) is 5.91 Å². The van der Waals surface area contributed by atoms with E-state index in [9.17, 15) is 4.79 Å². The fourth-order valence-corrected chi connectivity index (χ4v) is 1.88. The summed E-state index contributed by atoms with van der Waals surface area (Å²) in [6, 6.07) is 12.3. The fourth-order valence-electron chi connectivity index (χ4n) is 1.70. The Morgan fingerprint density at radius 2 is 1.94 bits per heavy atom. The lowest BCUT2D eigenvalue weighted by Gasteiger charge is -2.08. The van der Waals surface area contributed by atoms with Crippen LogP contribution in [0.4, 0.5) is 11.4 Å². The average molecular weight is 261 g/mol. The Morgan fingerprint density at radius 3 is 2.61 bits per heavy atom. The number of nitrogen functional groups attached to an aromatic ring is 1. The predicted molar refractivity (Wildman–Crippen MR) is 75.0 cm³/mol. The number of halogens is 1. The van der Waals surface area contributed by atoms with Crippen molar-refractivity contribution in [2.75, 3.05) is 11.1 Å². The Kier molecular flexibility index (Phi) is 3.53. The Balaban J connectivity index is 2.25. The van der Waals surface area contributed by atoms with Crippen LogP contribution in [0.25, 0.3) is 0 Å². The number of nitrogens with one attached hydrogen (secondary N) is 1. The molecule has 0 radical (unpaired) electrons. The van der Waals surface area contributed by atoms with Crippen LogP contribution in [-0.2, 0) is 0 Å². The molecule has 0 aromatic heterocycles. The van der Waals surface area contributed by atoms with E-state index in [4.69, 9.17) is 17.3 Å². The van der Waals surface area contributed by atoms with Gasteiger partial charge in [0.2, 0.25) is 0 Å². The molecule has 3 N–H and O–H groups in total. The highest BCUT2D eigenvalue weighted by molar-refractivity contribution is 6.33. The first-order valence-electron chi connectivity index (χ1n) is 5.49. The smallest absolute Gasteiger partial charge is 0.255 e. The summed E-state index contributed by atoms with van der Waals surface area (Å²) in [6.45, 7) is 1.89. The van der Waals surface area contributed by atoms with Crippen molar-refractivity contribution in [3.63, 3.8) is 0 Å². The quantitative estimate of drug-likeness (QED) is 0.812. The van der Waals surface area contributed by atoms with Gasteiger partial charge in [-0.15, -0.1) is 0 Å². The number of carbonyl (C=O) groups is 1. The number of rotatable bonds is 2. The van der Waals surface area contributed by atoms with Gasteiger partial charge >= 0.3 is 0 Å². The van der Waals surface area contributed by atoms with Crippen LogP contribution in [0.15, 0.2) is 42.5 Å². The van der Waals surface area contributed by atoms with Gasteiger partial charge in [0, 0.05) is 11.3 Å². The van der Waals surface area contributed by atoms with Crippen molar-refractivity contribution in [1.82, 2.24) is 0 Å². The van der Waals surface area contributed by atoms with Gasteiger partial charge in [0.25, 0.3) is 5.91 Å². The summed E-state index contributed by atoms with van der Waals surface area (Å²) >= 11 is 5.98. The van der Waals surface area contributed by atoms with E-state index in [1.807, 2.05) is 25.1 Å². The molecule has 0 spiro atoms. The van der Waals surface area contributed by atoms with Crippen LogP contribution in [0.5, 0.6) is 0 Å². The Morgan fingerprint density at radius 1 is 1.22 bits per heavy atom. The van der Waals surface area contributed by atoms with Crippen molar-refractivity contribution in [3.8, 4) is 0 Å². The third kappa shape index (κ3) is 2.81. The minimum atomic E-state index is -0.224. The maximum absolute atomic E-state index is 12.0. The van der Waals surface area contributed by atoms with Crippen LogP contribution >= 0.6 is 11.6 Å². The molecule has 1 amide bonds. The maximum Gasteiger partial charge on any atom is 0.255 e. The van der Waals surface area contributed by atoms with E-state index < -0.39 is 0 Å². The highest BCUT2D eigenvalue weighted by Gasteiger charge is 2.09. The molecule has 0 aliphatic carbocycles. The van der Waals surface area contributed by atoms with Crippen LogP contribution in [-0.4, -0.2) is 5.91 Å². The summed E-state index contributed by atoms with van der Waals surface area (Å²) < 4.78 is 0. The minimum absolute atomic E-state index is 0.224. The number of benzene rings is 2. The number of carbonyl (C=O) groups excluding carboxylic acids is 1. The Labute approximate surface area is 111 Å². The highest BCUT2D eigenvalue weighted by Crippen LogP contribution is 2.21. The van der Waals surface area contributed by atoms with E-state index >= 15 is 0 Å². The largest absolute Gasteiger partial charge is 0.399 e. The van der Waals surface area contributed by atoms with Gasteiger partial charge in [-0.25, -0.2) is 0 Å². The van der Waals surface area contributed by atoms with Crippen LogP contribution in [0, 0.1) is 6.92 Å². The standard InChI is InChI=1S/C14H13ClN2O/c1-9-6-10(8-11(16)7-9)14(18)17-13-5-3-2-4-12(13)15/h2-8H,16H2,1H3,(H,17,18). The van der Waals surface area contributed by atoms with Gasteiger partial charge in [-0.2, -0.15) is 0 Å². The molecule has 92 valence electrons. The van der Waals surface area contributed by atoms with E-state index in [1.54, 1.807) is 24.3 Å². The topological polar surface area (TPSA) is 55.1 Å². The first-order chi connectivity index (χ1) is 8.56. The summed E-state index contributed by atoms with van der Waals surface area (Å²) in [6.07, 6.45) is 0. The Hall–Kier alpha value is -2.00. The molecule has 3 nitrogen and oxygen atoms in total. The molecular formula is C14H13ClN2O. The minimum Gasteiger partial charge on any atom is -0.399 e. The second-order valence-corrected chi connectivity index (χ2v) is 4.47. The van der Waals surface area contributed by atoms with Gasteiger partial charge in [-0.1, -0.05) is 23.7 Å². The summed E-state index contributed by atoms with van der Waals surface area (Å²) in [5.41, 5.74) is 8.34. The zero-order valence-electron chi connectivity index (χ0n) is 9.91. The summed E-state index contributed by atoms with van der Waals surface area (Å²) in [5, 5.41) is 3.26. The average Bonchev–Trinajstić information content (AvgIpc) is 2.31. The molecule has 2 rings (SSSR count). The molecule has 0 aliphatic rings. The van der Waals surface area contributed by atoms with Crippen molar-refractivity contribution < 1.29 is 4.79 Å². The normalized spacial score (nSPS) is 10.1. The van der Waals surface area contributed by atoms with Gasteiger partial charge in [0.15, 0.2) is 0 Å². The first-order valence-corrected chi connectivity index (χ1v) is 5.87. The lowest BCUT2D eigenvalue weighted by molar-refractivity contribution is 0.102. The second-order valence-electron chi connectivity index (χ2n) is 4.07. The van der Waals surface area contributed by atoms with Gasteiger partial charge in [-0.3, -0.25) is 4.79 Å².